The van der Waals surface area contributed by atoms with Crippen molar-refractivity contribution in [1.82, 2.24) is 30.1 Å². The minimum Gasteiger partial charge on any atom is -0.415 e. The zero-order valence-corrected chi connectivity index (χ0v) is 18.1. The fourth-order valence-electron chi connectivity index (χ4n) is 3.78. The normalized spacial score (nSPS) is 14.7. The largest absolute Gasteiger partial charge is 0.415 e. The van der Waals surface area contributed by atoms with E-state index in [-0.39, 0.29) is 18.0 Å². The van der Waals surface area contributed by atoms with Gasteiger partial charge in [-0.15, -0.1) is 15.3 Å². The van der Waals surface area contributed by atoms with Gasteiger partial charge in [0.15, 0.2) is 0 Å². The first-order valence-corrected chi connectivity index (χ1v) is 10.7. The van der Waals surface area contributed by atoms with Crippen LogP contribution >= 0.6 is 0 Å². The zero-order valence-electron chi connectivity index (χ0n) is 18.1. The SMILES string of the molecule is Fc1cc(-c2nnc(C(F)F)o2)ccc1Cn1cc(-c2cccc(CN3CCOCC3)c2)nn1. The van der Waals surface area contributed by atoms with Gasteiger partial charge in [-0.2, -0.15) is 8.78 Å². The molecule has 0 N–H and O–H groups in total. The molecule has 176 valence electrons. The average Bonchev–Trinajstić information content (AvgIpc) is 3.52. The second-order valence-electron chi connectivity index (χ2n) is 7.94. The molecular weight excluding hydrogens is 449 g/mol. The molecule has 2 aromatic carbocycles. The highest BCUT2D eigenvalue weighted by atomic mass is 19.3. The molecular formula is C23H21F3N6O2. The molecule has 0 unspecified atom stereocenters. The fourth-order valence-corrected chi connectivity index (χ4v) is 3.78. The van der Waals surface area contributed by atoms with E-state index in [2.05, 4.69) is 37.5 Å². The maximum atomic E-state index is 14.7. The highest BCUT2D eigenvalue weighted by molar-refractivity contribution is 5.58. The van der Waals surface area contributed by atoms with Gasteiger partial charge in [-0.3, -0.25) is 4.90 Å². The number of halogens is 3. The number of aromatic nitrogens is 5. The lowest BCUT2D eigenvalue weighted by atomic mass is 10.1. The standard InChI is InChI=1S/C23H21F3N6O2/c24-19-11-17(22-28-29-23(34-22)21(25)26)4-5-18(19)13-32-14-20(27-30-32)16-3-1-2-15(10-16)12-31-6-8-33-9-7-31/h1-5,10-11,14,21H,6-9,12-13H2. The average molecular weight is 470 g/mol. The summed E-state index contributed by atoms with van der Waals surface area (Å²) in [5.74, 6) is -1.51. The number of morpholine rings is 1. The zero-order chi connectivity index (χ0) is 23.5. The van der Waals surface area contributed by atoms with Crippen molar-refractivity contribution in [3.8, 4) is 22.7 Å². The van der Waals surface area contributed by atoms with E-state index in [1.54, 1.807) is 10.9 Å². The van der Waals surface area contributed by atoms with Gasteiger partial charge >= 0.3 is 6.43 Å². The number of hydrogen-bond acceptors (Lipinski definition) is 7. The Morgan fingerprint density at radius 2 is 1.79 bits per heavy atom. The van der Waals surface area contributed by atoms with Gasteiger partial charge in [0.05, 0.1) is 26.0 Å². The highest BCUT2D eigenvalue weighted by Gasteiger charge is 2.18. The third-order valence-electron chi connectivity index (χ3n) is 5.53. The first-order valence-electron chi connectivity index (χ1n) is 10.7. The molecule has 0 atom stereocenters. The quantitative estimate of drug-likeness (QED) is 0.405. The Hall–Kier alpha value is -3.57. The van der Waals surface area contributed by atoms with Crippen LogP contribution in [0.2, 0.25) is 0 Å². The maximum absolute atomic E-state index is 14.7. The van der Waals surface area contributed by atoms with Gasteiger partial charge in [0.25, 0.3) is 5.89 Å². The lowest BCUT2D eigenvalue weighted by molar-refractivity contribution is 0.0342. The van der Waals surface area contributed by atoms with E-state index < -0.39 is 18.1 Å². The first-order chi connectivity index (χ1) is 16.5. The van der Waals surface area contributed by atoms with Crippen LogP contribution in [0.5, 0.6) is 0 Å². The maximum Gasteiger partial charge on any atom is 0.314 e. The molecule has 0 radical (unpaired) electrons. The van der Waals surface area contributed by atoms with Crippen LogP contribution in [0.15, 0.2) is 53.1 Å². The summed E-state index contributed by atoms with van der Waals surface area (Å²) < 4.78 is 51.8. The summed E-state index contributed by atoms with van der Waals surface area (Å²) in [5.41, 5.74) is 3.36. The van der Waals surface area contributed by atoms with E-state index in [0.29, 0.717) is 11.3 Å². The molecule has 34 heavy (non-hydrogen) atoms. The van der Waals surface area contributed by atoms with Crippen LogP contribution in [0.4, 0.5) is 13.2 Å². The Kier molecular flexibility index (Phi) is 6.37. The van der Waals surface area contributed by atoms with E-state index >= 15 is 0 Å². The minimum absolute atomic E-state index is 0.151. The second kappa shape index (κ2) is 9.74. The van der Waals surface area contributed by atoms with E-state index in [1.807, 2.05) is 12.1 Å². The molecule has 0 aliphatic carbocycles. The number of alkyl halides is 2. The second-order valence-corrected chi connectivity index (χ2v) is 7.94. The summed E-state index contributed by atoms with van der Waals surface area (Å²) in [5, 5.41) is 15.2. The fraction of sp³-hybridized carbons (Fsp3) is 0.304. The lowest BCUT2D eigenvalue weighted by Crippen LogP contribution is -2.35. The summed E-state index contributed by atoms with van der Waals surface area (Å²) in [6.07, 6.45) is -1.12. The molecule has 8 nitrogen and oxygen atoms in total. The lowest BCUT2D eigenvalue weighted by Gasteiger charge is -2.26. The Morgan fingerprint density at radius 3 is 2.56 bits per heavy atom. The molecule has 0 amide bonds. The Morgan fingerprint density at radius 1 is 0.941 bits per heavy atom. The van der Waals surface area contributed by atoms with Crippen LogP contribution in [0.25, 0.3) is 22.7 Å². The molecule has 4 aromatic rings. The molecule has 0 saturated carbocycles. The Bertz CT molecular complexity index is 1270. The monoisotopic (exact) mass is 470 g/mol. The van der Waals surface area contributed by atoms with Gasteiger partial charge in [0.1, 0.15) is 11.5 Å². The van der Waals surface area contributed by atoms with Crippen LogP contribution in [0, 0.1) is 5.82 Å². The van der Waals surface area contributed by atoms with Crippen LogP contribution in [-0.2, 0) is 17.8 Å². The molecule has 11 heteroatoms. The van der Waals surface area contributed by atoms with Crippen molar-refractivity contribution < 1.29 is 22.3 Å². The molecule has 1 saturated heterocycles. The van der Waals surface area contributed by atoms with Crippen LogP contribution in [0.1, 0.15) is 23.4 Å². The van der Waals surface area contributed by atoms with Gasteiger partial charge in [-0.25, -0.2) is 9.07 Å². The van der Waals surface area contributed by atoms with Crippen molar-refractivity contribution >= 4 is 0 Å². The van der Waals surface area contributed by atoms with E-state index in [0.717, 1.165) is 38.4 Å². The number of rotatable bonds is 7. The van der Waals surface area contributed by atoms with Crippen molar-refractivity contribution in [3.63, 3.8) is 0 Å². The summed E-state index contributed by atoms with van der Waals surface area (Å²) in [7, 11) is 0. The summed E-state index contributed by atoms with van der Waals surface area (Å²) in [4.78, 5) is 2.34. The van der Waals surface area contributed by atoms with Gasteiger partial charge in [0, 0.05) is 36.3 Å². The van der Waals surface area contributed by atoms with Crippen LogP contribution in [0.3, 0.4) is 0 Å². The number of ether oxygens (including phenoxy) is 1. The minimum atomic E-state index is -2.88. The predicted octanol–water partition coefficient (Wildman–Crippen LogP) is 3.95. The number of hydrogen-bond donors (Lipinski definition) is 0. The first kappa shape index (κ1) is 22.2. The van der Waals surface area contributed by atoms with Crippen molar-refractivity contribution in [1.29, 1.82) is 0 Å². The topological polar surface area (TPSA) is 82.1 Å². The van der Waals surface area contributed by atoms with Gasteiger partial charge in [0.2, 0.25) is 5.89 Å². The van der Waals surface area contributed by atoms with E-state index in [9.17, 15) is 13.2 Å². The van der Waals surface area contributed by atoms with Gasteiger partial charge in [-0.1, -0.05) is 29.5 Å². The van der Waals surface area contributed by atoms with Crippen LogP contribution < -0.4 is 0 Å². The molecule has 3 heterocycles. The smallest absolute Gasteiger partial charge is 0.314 e. The third kappa shape index (κ3) is 5.00. The summed E-state index contributed by atoms with van der Waals surface area (Å²) in [6, 6.07) is 12.3. The molecule has 5 rings (SSSR count). The molecule has 0 spiro atoms. The van der Waals surface area contributed by atoms with E-state index in [4.69, 9.17) is 9.15 Å². The van der Waals surface area contributed by atoms with Gasteiger partial charge < -0.3 is 9.15 Å². The molecule has 1 fully saturated rings. The van der Waals surface area contributed by atoms with Gasteiger partial charge in [-0.05, 0) is 23.8 Å². The van der Waals surface area contributed by atoms with Crippen molar-refractivity contribution in [3.05, 3.63) is 71.5 Å². The van der Waals surface area contributed by atoms with Crippen LogP contribution in [-0.4, -0.2) is 56.4 Å². The van der Waals surface area contributed by atoms with Crippen molar-refractivity contribution in [2.45, 2.75) is 19.5 Å². The number of benzene rings is 2. The molecule has 1 aliphatic rings. The van der Waals surface area contributed by atoms with Crippen molar-refractivity contribution in [2.24, 2.45) is 0 Å². The summed E-state index contributed by atoms with van der Waals surface area (Å²) >= 11 is 0. The highest BCUT2D eigenvalue weighted by Crippen LogP contribution is 2.25. The number of nitrogens with zero attached hydrogens (tertiary/aromatic N) is 6. The molecule has 1 aliphatic heterocycles. The Labute approximate surface area is 193 Å². The molecule has 0 bridgehead atoms. The van der Waals surface area contributed by atoms with Crippen molar-refractivity contribution in [2.75, 3.05) is 26.3 Å². The Balaban J connectivity index is 1.28. The predicted molar refractivity (Wildman–Crippen MR) is 115 cm³/mol. The summed E-state index contributed by atoms with van der Waals surface area (Å²) in [6.45, 7) is 4.30. The molecule has 2 aromatic heterocycles. The van der Waals surface area contributed by atoms with E-state index in [1.165, 1.54) is 23.8 Å². The third-order valence-corrected chi connectivity index (χ3v) is 5.53.